The van der Waals surface area contributed by atoms with Crippen LogP contribution >= 0.6 is 11.8 Å². The molecule has 0 saturated heterocycles. The summed E-state index contributed by atoms with van der Waals surface area (Å²) in [5, 5.41) is 15.0. The Balaban J connectivity index is 1.85. The number of hydrogen-bond acceptors (Lipinski definition) is 5. The van der Waals surface area contributed by atoms with Crippen LogP contribution in [0.5, 0.6) is 0 Å². The summed E-state index contributed by atoms with van der Waals surface area (Å²) in [4.78, 5) is 12.0. The number of rotatable bonds is 7. The van der Waals surface area contributed by atoms with Crippen molar-refractivity contribution < 1.29 is 4.79 Å². The Morgan fingerprint density at radius 3 is 2.68 bits per heavy atom. The van der Waals surface area contributed by atoms with Crippen LogP contribution in [-0.4, -0.2) is 31.9 Å². The average Bonchev–Trinajstić information content (AvgIpc) is 3.00. The molecule has 7 heteroatoms. The number of amides is 1. The Bertz CT molecular complexity index is 611. The van der Waals surface area contributed by atoms with Crippen LogP contribution in [0.2, 0.25) is 0 Å². The Hall–Kier alpha value is -1.89. The van der Waals surface area contributed by atoms with Crippen molar-refractivity contribution in [1.29, 1.82) is 0 Å². The van der Waals surface area contributed by atoms with Crippen LogP contribution in [0.15, 0.2) is 29.4 Å². The lowest BCUT2D eigenvalue weighted by atomic mass is 10.1. The number of benzene rings is 1. The molecule has 0 bridgehead atoms. The molecule has 6 nitrogen and oxygen atoms in total. The molecular weight excluding hydrogens is 298 g/mol. The minimum absolute atomic E-state index is 0.0128. The Labute approximate surface area is 134 Å². The third kappa shape index (κ3) is 4.30. The van der Waals surface area contributed by atoms with Gasteiger partial charge in [0.05, 0.1) is 11.8 Å². The zero-order valence-electron chi connectivity index (χ0n) is 13.1. The first kappa shape index (κ1) is 16.5. The smallest absolute Gasteiger partial charge is 0.230 e. The van der Waals surface area contributed by atoms with E-state index in [1.165, 1.54) is 17.3 Å². The summed E-state index contributed by atoms with van der Waals surface area (Å²) in [6.45, 7) is 6.76. The van der Waals surface area contributed by atoms with Crippen LogP contribution in [0.4, 0.5) is 0 Å². The third-order valence-electron chi connectivity index (χ3n) is 3.40. The Morgan fingerprint density at radius 1 is 1.32 bits per heavy atom. The number of aryl methyl sites for hydroxylation is 2. The number of aromatic nitrogens is 4. The number of carbonyl (C=O) groups excluding carboxylic acids is 1. The lowest BCUT2D eigenvalue weighted by Gasteiger charge is -2.14. The highest BCUT2D eigenvalue weighted by molar-refractivity contribution is 7.99. The van der Waals surface area contributed by atoms with Gasteiger partial charge in [0, 0.05) is 6.54 Å². The molecule has 1 aromatic carbocycles. The van der Waals surface area contributed by atoms with Gasteiger partial charge >= 0.3 is 0 Å². The first-order chi connectivity index (χ1) is 10.6. The Morgan fingerprint density at radius 2 is 2.05 bits per heavy atom. The van der Waals surface area contributed by atoms with Gasteiger partial charge in [0.1, 0.15) is 0 Å². The van der Waals surface area contributed by atoms with Gasteiger partial charge in [-0.3, -0.25) is 4.79 Å². The van der Waals surface area contributed by atoms with E-state index in [1.807, 2.05) is 13.8 Å². The van der Waals surface area contributed by atoms with Crippen molar-refractivity contribution in [3.8, 4) is 0 Å². The maximum atomic E-state index is 12.0. The summed E-state index contributed by atoms with van der Waals surface area (Å²) >= 11 is 1.34. The summed E-state index contributed by atoms with van der Waals surface area (Å²) in [6, 6.07) is 8.31. The van der Waals surface area contributed by atoms with E-state index in [-0.39, 0.29) is 11.9 Å². The molecule has 2 aromatic rings. The lowest BCUT2D eigenvalue weighted by Crippen LogP contribution is -2.28. The normalized spacial score (nSPS) is 12.1. The van der Waals surface area contributed by atoms with Crippen molar-refractivity contribution in [2.45, 2.75) is 44.9 Å². The molecule has 0 fully saturated rings. The zero-order valence-corrected chi connectivity index (χ0v) is 13.9. The van der Waals surface area contributed by atoms with Gasteiger partial charge in [-0.05, 0) is 41.8 Å². The number of thioether (sulfide) groups is 1. The van der Waals surface area contributed by atoms with Crippen molar-refractivity contribution in [2.75, 3.05) is 5.75 Å². The van der Waals surface area contributed by atoms with Gasteiger partial charge in [-0.1, -0.05) is 43.0 Å². The van der Waals surface area contributed by atoms with Crippen LogP contribution in [0.25, 0.3) is 0 Å². The molecule has 2 rings (SSSR count). The number of carbonyl (C=O) groups is 1. The molecule has 1 atom stereocenters. The largest absolute Gasteiger partial charge is 0.349 e. The minimum Gasteiger partial charge on any atom is -0.349 e. The second kappa shape index (κ2) is 7.93. The fourth-order valence-corrected chi connectivity index (χ4v) is 2.79. The molecule has 1 amide bonds. The van der Waals surface area contributed by atoms with E-state index < -0.39 is 0 Å². The fourth-order valence-electron chi connectivity index (χ4n) is 2.04. The standard InChI is InChI=1S/C15H21N5OS/c1-4-12-6-8-13(9-7-12)11(3)16-14(21)10-22-15-17-18-19-20(15)5-2/h6-9,11H,4-5,10H2,1-3H3,(H,16,21)/t11-/m1/s1. The topological polar surface area (TPSA) is 72.7 Å². The maximum absolute atomic E-state index is 12.0. The first-order valence-electron chi connectivity index (χ1n) is 7.41. The first-order valence-corrected chi connectivity index (χ1v) is 8.39. The molecule has 0 spiro atoms. The van der Waals surface area contributed by atoms with E-state index in [2.05, 4.69) is 52.0 Å². The van der Waals surface area contributed by atoms with Gasteiger partial charge in [-0.15, -0.1) is 5.10 Å². The van der Waals surface area contributed by atoms with Gasteiger partial charge in [-0.25, -0.2) is 4.68 Å². The minimum atomic E-state index is -0.0253. The van der Waals surface area contributed by atoms with Crippen LogP contribution in [0.3, 0.4) is 0 Å². The van der Waals surface area contributed by atoms with Crippen molar-refractivity contribution in [1.82, 2.24) is 25.5 Å². The molecule has 118 valence electrons. The molecule has 22 heavy (non-hydrogen) atoms. The van der Waals surface area contributed by atoms with E-state index >= 15 is 0 Å². The van der Waals surface area contributed by atoms with E-state index in [0.717, 1.165) is 12.0 Å². The molecule has 0 aliphatic rings. The third-order valence-corrected chi connectivity index (χ3v) is 4.35. The highest BCUT2D eigenvalue weighted by Crippen LogP contribution is 2.16. The van der Waals surface area contributed by atoms with E-state index in [1.54, 1.807) is 4.68 Å². The van der Waals surface area contributed by atoms with Gasteiger partial charge in [0.2, 0.25) is 11.1 Å². The monoisotopic (exact) mass is 319 g/mol. The molecule has 0 saturated carbocycles. The quantitative estimate of drug-likeness (QED) is 0.792. The summed E-state index contributed by atoms with van der Waals surface area (Å²) in [5.41, 5.74) is 2.40. The maximum Gasteiger partial charge on any atom is 0.230 e. The lowest BCUT2D eigenvalue weighted by molar-refractivity contribution is -0.119. The molecule has 1 N–H and O–H groups in total. The van der Waals surface area contributed by atoms with Crippen LogP contribution in [0, 0.1) is 0 Å². The second-order valence-corrected chi connectivity index (χ2v) is 5.89. The summed E-state index contributed by atoms with van der Waals surface area (Å²) in [7, 11) is 0. The average molecular weight is 319 g/mol. The number of hydrogen-bond donors (Lipinski definition) is 1. The van der Waals surface area contributed by atoms with Crippen LogP contribution < -0.4 is 5.32 Å². The molecule has 0 unspecified atom stereocenters. The molecular formula is C15H21N5OS. The van der Waals surface area contributed by atoms with E-state index in [0.29, 0.717) is 17.5 Å². The van der Waals surface area contributed by atoms with E-state index in [4.69, 9.17) is 0 Å². The molecule has 1 heterocycles. The summed E-state index contributed by atoms with van der Waals surface area (Å²) in [5.74, 6) is 0.278. The van der Waals surface area contributed by atoms with Crippen LogP contribution in [-0.2, 0) is 17.8 Å². The summed E-state index contributed by atoms with van der Waals surface area (Å²) in [6.07, 6.45) is 1.02. The Kier molecular flexibility index (Phi) is 5.94. The number of nitrogens with zero attached hydrogens (tertiary/aromatic N) is 4. The highest BCUT2D eigenvalue weighted by atomic mass is 32.2. The fraction of sp³-hybridized carbons (Fsp3) is 0.467. The number of tetrazole rings is 1. The van der Waals surface area contributed by atoms with Gasteiger partial charge < -0.3 is 5.32 Å². The zero-order chi connectivity index (χ0) is 15.9. The van der Waals surface area contributed by atoms with Crippen molar-refractivity contribution >= 4 is 17.7 Å². The van der Waals surface area contributed by atoms with E-state index in [9.17, 15) is 4.79 Å². The van der Waals surface area contributed by atoms with Crippen molar-refractivity contribution in [3.63, 3.8) is 0 Å². The molecule has 0 aliphatic heterocycles. The molecule has 0 radical (unpaired) electrons. The molecule has 1 aromatic heterocycles. The predicted molar refractivity (Wildman–Crippen MR) is 86.6 cm³/mol. The van der Waals surface area contributed by atoms with Crippen LogP contribution in [0.1, 0.15) is 37.9 Å². The SMILES string of the molecule is CCc1ccc([C@@H](C)NC(=O)CSc2nnnn2CC)cc1. The second-order valence-electron chi connectivity index (χ2n) is 4.95. The highest BCUT2D eigenvalue weighted by Gasteiger charge is 2.12. The number of nitrogens with one attached hydrogen (secondary N) is 1. The van der Waals surface area contributed by atoms with Crippen molar-refractivity contribution in [2.24, 2.45) is 0 Å². The predicted octanol–water partition coefficient (Wildman–Crippen LogP) is 2.22. The molecule has 0 aliphatic carbocycles. The summed E-state index contributed by atoms with van der Waals surface area (Å²) < 4.78 is 1.67. The van der Waals surface area contributed by atoms with Gasteiger partial charge in [-0.2, -0.15) is 0 Å². The van der Waals surface area contributed by atoms with Gasteiger partial charge in [0.15, 0.2) is 0 Å². The van der Waals surface area contributed by atoms with Crippen molar-refractivity contribution in [3.05, 3.63) is 35.4 Å². The van der Waals surface area contributed by atoms with Gasteiger partial charge in [0.25, 0.3) is 0 Å².